The quantitative estimate of drug-likeness (QED) is 0.594. The first kappa shape index (κ1) is 10.5. The van der Waals surface area contributed by atoms with Crippen LogP contribution in [0.25, 0.3) is 0 Å². The highest BCUT2D eigenvalue weighted by Gasteiger charge is 2.35. The van der Waals surface area contributed by atoms with Gasteiger partial charge in [-0.1, -0.05) is 0 Å². The molecule has 0 N–H and O–H groups in total. The normalized spacial score (nSPS) is 11.1. The summed E-state index contributed by atoms with van der Waals surface area (Å²) in [4.78, 5) is 0. The average Bonchev–Trinajstić information content (AvgIpc) is 2.07. The summed E-state index contributed by atoms with van der Waals surface area (Å²) >= 11 is 0. The Morgan fingerprint density at radius 1 is 1.29 bits per heavy atom. The van der Waals surface area contributed by atoms with Crippen molar-refractivity contribution in [2.75, 3.05) is 0 Å². The topological polar surface area (TPSA) is 23.8 Å². The number of nitriles is 1. The summed E-state index contributed by atoms with van der Waals surface area (Å²) in [6.45, 7) is 1.19. The van der Waals surface area contributed by atoms with Gasteiger partial charge in [-0.25, -0.2) is 4.39 Å². The van der Waals surface area contributed by atoms with E-state index in [1.807, 2.05) is 0 Å². The molecule has 0 amide bonds. The Kier molecular flexibility index (Phi) is 2.47. The maximum absolute atomic E-state index is 13.0. The van der Waals surface area contributed by atoms with E-state index >= 15 is 0 Å². The largest absolute Gasteiger partial charge is 0.419 e. The van der Waals surface area contributed by atoms with Gasteiger partial charge < -0.3 is 0 Å². The molecule has 0 saturated heterocycles. The van der Waals surface area contributed by atoms with Crippen molar-refractivity contribution < 1.29 is 17.6 Å². The van der Waals surface area contributed by atoms with Crippen LogP contribution in [0, 0.1) is 24.1 Å². The number of benzene rings is 1. The molecule has 74 valence electrons. The zero-order valence-corrected chi connectivity index (χ0v) is 7.11. The Labute approximate surface area is 77.6 Å². The van der Waals surface area contributed by atoms with Gasteiger partial charge in [0.25, 0.3) is 0 Å². The van der Waals surface area contributed by atoms with Crippen molar-refractivity contribution in [2.45, 2.75) is 13.1 Å². The van der Waals surface area contributed by atoms with E-state index in [0.29, 0.717) is 6.07 Å². The minimum Gasteiger partial charge on any atom is -0.206 e. The molecule has 1 aromatic carbocycles. The van der Waals surface area contributed by atoms with Crippen molar-refractivity contribution in [3.05, 3.63) is 34.6 Å². The molecule has 14 heavy (non-hydrogen) atoms. The van der Waals surface area contributed by atoms with Gasteiger partial charge in [-0.3, -0.25) is 0 Å². The van der Waals surface area contributed by atoms with Gasteiger partial charge in [-0.15, -0.1) is 0 Å². The zero-order valence-electron chi connectivity index (χ0n) is 7.11. The first-order chi connectivity index (χ1) is 6.36. The molecule has 0 fully saturated rings. The van der Waals surface area contributed by atoms with Crippen molar-refractivity contribution in [3.8, 4) is 6.07 Å². The summed E-state index contributed by atoms with van der Waals surface area (Å²) < 4.78 is 49.6. The fourth-order valence-electron chi connectivity index (χ4n) is 1.04. The smallest absolute Gasteiger partial charge is 0.206 e. The molecule has 0 heterocycles. The van der Waals surface area contributed by atoms with Gasteiger partial charge in [0.05, 0.1) is 17.2 Å². The van der Waals surface area contributed by atoms with Crippen LogP contribution in [0.2, 0.25) is 0 Å². The summed E-state index contributed by atoms with van der Waals surface area (Å²) in [7, 11) is 0. The predicted molar refractivity (Wildman–Crippen MR) is 40.9 cm³/mol. The third-order valence-corrected chi connectivity index (χ3v) is 1.69. The highest BCUT2D eigenvalue weighted by atomic mass is 19.4. The van der Waals surface area contributed by atoms with Crippen molar-refractivity contribution >= 4 is 0 Å². The zero-order chi connectivity index (χ0) is 10.9. The lowest BCUT2D eigenvalue weighted by Crippen LogP contribution is -2.09. The van der Waals surface area contributed by atoms with Gasteiger partial charge in [0.2, 0.25) is 0 Å². The summed E-state index contributed by atoms with van der Waals surface area (Å²) in [5, 5.41) is 8.40. The second-order valence-electron chi connectivity index (χ2n) is 2.76. The van der Waals surface area contributed by atoms with Crippen molar-refractivity contribution in [3.63, 3.8) is 0 Å². The third-order valence-electron chi connectivity index (χ3n) is 1.69. The van der Waals surface area contributed by atoms with E-state index < -0.39 is 17.6 Å². The fraction of sp³-hybridized carbons (Fsp3) is 0.222. The molecule has 0 aliphatic heterocycles. The second kappa shape index (κ2) is 3.29. The maximum atomic E-state index is 13.0. The SMILES string of the molecule is Cc1cc(C#N)cc(C(F)(F)F)c1F. The monoisotopic (exact) mass is 203 g/mol. The maximum Gasteiger partial charge on any atom is 0.419 e. The number of aryl methyl sites for hydroxylation is 1. The molecular formula is C9H5F4N. The van der Waals surface area contributed by atoms with E-state index in [2.05, 4.69) is 0 Å². The van der Waals surface area contributed by atoms with Gasteiger partial charge in [-0.05, 0) is 24.6 Å². The lowest BCUT2D eigenvalue weighted by atomic mass is 10.1. The first-order valence-electron chi connectivity index (χ1n) is 3.63. The molecule has 1 rings (SSSR count). The second-order valence-corrected chi connectivity index (χ2v) is 2.76. The summed E-state index contributed by atoms with van der Waals surface area (Å²) in [5.41, 5.74) is -1.78. The summed E-state index contributed by atoms with van der Waals surface area (Å²) in [6.07, 6.45) is -4.76. The number of nitrogens with zero attached hydrogens (tertiary/aromatic N) is 1. The highest BCUT2D eigenvalue weighted by molar-refractivity contribution is 5.39. The van der Waals surface area contributed by atoms with Crippen LogP contribution in [-0.2, 0) is 6.18 Å². The molecule has 5 heteroatoms. The van der Waals surface area contributed by atoms with Gasteiger partial charge >= 0.3 is 6.18 Å². The van der Waals surface area contributed by atoms with Crippen LogP contribution in [0.4, 0.5) is 17.6 Å². The Morgan fingerprint density at radius 3 is 2.29 bits per heavy atom. The molecule has 1 nitrogen and oxygen atoms in total. The van der Waals surface area contributed by atoms with Gasteiger partial charge in [0.1, 0.15) is 5.82 Å². The van der Waals surface area contributed by atoms with Crippen molar-refractivity contribution in [1.82, 2.24) is 0 Å². The van der Waals surface area contributed by atoms with Crippen LogP contribution in [0.3, 0.4) is 0 Å². The van der Waals surface area contributed by atoms with E-state index in [9.17, 15) is 17.6 Å². The Morgan fingerprint density at radius 2 is 1.86 bits per heavy atom. The Hall–Kier alpha value is -1.57. The molecule has 0 spiro atoms. The average molecular weight is 203 g/mol. The molecule has 0 unspecified atom stereocenters. The number of rotatable bonds is 0. The van der Waals surface area contributed by atoms with Crippen LogP contribution >= 0.6 is 0 Å². The van der Waals surface area contributed by atoms with Gasteiger partial charge in [0, 0.05) is 0 Å². The standard InChI is InChI=1S/C9H5F4N/c1-5-2-6(4-14)3-7(8(5)10)9(11,12)13/h2-3H,1H3. The minimum absolute atomic E-state index is 0.184. The van der Waals surface area contributed by atoms with Crippen LogP contribution in [0.15, 0.2) is 12.1 Å². The van der Waals surface area contributed by atoms with Crippen LogP contribution < -0.4 is 0 Å². The van der Waals surface area contributed by atoms with E-state index in [1.54, 1.807) is 6.07 Å². The first-order valence-corrected chi connectivity index (χ1v) is 3.63. The number of hydrogen-bond acceptors (Lipinski definition) is 1. The predicted octanol–water partition coefficient (Wildman–Crippen LogP) is 3.02. The molecule has 0 atom stereocenters. The van der Waals surface area contributed by atoms with Crippen LogP contribution in [0.5, 0.6) is 0 Å². The third kappa shape index (κ3) is 1.84. The molecule has 0 aliphatic carbocycles. The molecule has 0 aromatic heterocycles. The molecule has 0 aliphatic rings. The number of hydrogen-bond donors (Lipinski definition) is 0. The molecular weight excluding hydrogens is 198 g/mol. The minimum atomic E-state index is -4.76. The molecule has 0 bridgehead atoms. The lowest BCUT2D eigenvalue weighted by Gasteiger charge is -2.09. The number of alkyl halides is 3. The highest BCUT2D eigenvalue weighted by Crippen LogP contribution is 2.33. The lowest BCUT2D eigenvalue weighted by molar-refractivity contribution is -0.140. The van der Waals surface area contributed by atoms with Gasteiger partial charge in [0.15, 0.2) is 0 Å². The van der Waals surface area contributed by atoms with Crippen LogP contribution in [-0.4, -0.2) is 0 Å². The van der Waals surface area contributed by atoms with E-state index in [0.717, 1.165) is 6.07 Å². The number of halogens is 4. The van der Waals surface area contributed by atoms with Crippen molar-refractivity contribution in [2.24, 2.45) is 0 Å². The molecule has 0 radical (unpaired) electrons. The van der Waals surface area contributed by atoms with E-state index in [1.165, 1.54) is 6.92 Å². The van der Waals surface area contributed by atoms with Crippen molar-refractivity contribution in [1.29, 1.82) is 5.26 Å². The summed E-state index contributed by atoms with van der Waals surface area (Å²) in [6, 6.07) is 3.12. The summed E-state index contributed by atoms with van der Waals surface area (Å²) in [5.74, 6) is -1.32. The fourth-order valence-corrected chi connectivity index (χ4v) is 1.04. The van der Waals surface area contributed by atoms with E-state index in [4.69, 9.17) is 5.26 Å². The molecule has 0 saturated carbocycles. The van der Waals surface area contributed by atoms with Gasteiger partial charge in [-0.2, -0.15) is 18.4 Å². The van der Waals surface area contributed by atoms with Crippen LogP contribution in [0.1, 0.15) is 16.7 Å². The molecule has 1 aromatic rings. The Bertz CT molecular complexity index is 400. The Balaban J connectivity index is 3.44. The van der Waals surface area contributed by atoms with E-state index in [-0.39, 0.29) is 11.1 Å².